The summed E-state index contributed by atoms with van der Waals surface area (Å²) in [5.74, 6) is -6.09. The molecule has 1 aromatic rings. The third-order valence-electron chi connectivity index (χ3n) is 5.47. The number of carbonyl (C=O) groups excluding carboxylic acids is 4. The second kappa shape index (κ2) is 10.7. The van der Waals surface area contributed by atoms with E-state index in [0.717, 1.165) is 6.08 Å². The number of halogens is 3. The summed E-state index contributed by atoms with van der Waals surface area (Å²) in [5, 5.41) is 2.89. The Morgan fingerprint density at radius 1 is 1.06 bits per heavy atom. The van der Waals surface area contributed by atoms with Crippen molar-refractivity contribution >= 4 is 23.5 Å². The normalized spacial score (nSPS) is 19.4. The van der Waals surface area contributed by atoms with E-state index in [9.17, 15) is 32.3 Å². The van der Waals surface area contributed by atoms with E-state index in [0.29, 0.717) is 25.7 Å². The number of esters is 2. The zero-order chi connectivity index (χ0) is 24.9. The van der Waals surface area contributed by atoms with Gasteiger partial charge in [0.05, 0.1) is 24.1 Å². The molecule has 1 N–H and O–H groups in total. The summed E-state index contributed by atoms with van der Waals surface area (Å²) in [7, 11) is 0. The smallest absolute Gasteiger partial charge is 0.466 e. The highest BCUT2D eigenvalue weighted by Gasteiger charge is 2.47. The average molecular weight is 479 g/mol. The Labute approximate surface area is 194 Å². The SMILES string of the molecule is CCCC(=O)OCCCCNC1=C(OC(=O)C(F)(F)F)C=CC2C(=O)c3ccccc3C(=O)C12. The Morgan fingerprint density at radius 3 is 2.38 bits per heavy atom. The molecule has 0 amide bonds. The predicted octanol–water partition coefficient (Wildman–Crippen LogP) is 3.90. The molecule has 0 heterocycles. The van der Waals surface area contributed by atoms with Crippen molar-refractivity contribution in [2.24, 2.45) is 11.8 Å². The van der Waals surface area contributed by atoms with Crippen molar-refractivity contribution in [1.82, 2.24) is 5.32 Å². The molecule has 2 atom stereocenters. The van der Waals surface area contributed by atoms with Crippen molar-refractivity contribution in [3.8, 4) is 0 Å². The van der Waals surface area contributed by atoms with Crippen LogP contribution in [-0.2, 0) is 19.1 Å². The lowest BCUT2D eigenvalue weighted by atomic mass is 9.70. The van der Waals surface area contributed by atoms with Gasteiger partial charge >= 0.3 is 18.1 Å². The van der Waals surface area contributed by atoms with Crippen LogP contribution < -0.4 is 5.32 Å². The van der Waals surface area contributed by atoms with Crippen LogP contribution >= 0.6 is 0 Å². The van der Waals surface area contributed by atoms with Gasteiger partial charge in [0.25, 0.3) is 0 Å². The van der Waals surface area contributed by atoms with E-state index in [2.05, 4.69) is 10.1 Å². The summed E-state index contributed by atoms with van der Waals surface area (Å²) in [6, 6.07) is 6.21. The molecule has 34 heavy (non-hydrogen) atoms. The first-order chi connectivity index (χ1) is 16.1. The van der Waals surface area contributed by atoms with Crippen LogP contribution in [0.1, 0.15) is 53.3 Å². The van der Waals surface area contributed by atoms with Crippen LogP contribution in [0, 0.1) is 11.8 Å². The minimum Gasteiger partial charge on any atom is -0.466 e. The van der Waals surface area contributed by atoms with Gasteiger partial charge in [0, 0.05) is 24.1 Å². The van der Waals surface area contributed by atoms with Crippen molar-refractivity contribution in [1.29, 1.82) is 0 Å². The topological polar surface area (TPSA) is 98.8 Å². The van der Waals surface area contributed by atoms with E-state index in [1.807, 2.05) is 6.92 Å². The van der Waals surface area contributed by atoms with E-state index in [4.69, 9.17) is 4.74 Å². The second-order valence-corrected chi connectivity index (χ2v) is 7.91. The van der Waals surface area contributed by atoms with Crippen LogP contribution in [0.3, 0.4) is 0 Å². The zero-order valence-corrected chi connectivity index (χ0v) is 18.4. The number of alkyl halides is 3. The number of hydrogen-bond acceptors (Lipinski definition) is 7. The summed E-state index contributed by atoms with van der Waals surface area (Å²) in [6.45, 7) is 2.21. The lowest BCUT2D eigenvalue weighted by Crippen LogP contribution is -2.43. The molecule has 0 saturated heterocycles. The number of ketones is 2. The number of benzene rings is 1. The second-order valence-electron chi connectivity index (χ2n) is 7.91. The standard InChI is InChI=1S/C24H24F3NO6/c1-2-7-18(29)33-13-6-5-12-28-20-17(34-23(32)24(25,26)27)11-10-16-19(20)22(31)15-9-4-3-8-14(15)21(16)30/h3-4,8-11,16,19,28H,2,5-7,12-13H2,1H3. The molecule has 0 saturated carbocycles. The van der Waals surface area contributed by atoms with Crippen molar-refractivity contribution in [3.05, 3.63) is 59.0 Å². The number of nitrogens with one attached hydrogen (secondary N) is 1. The number of carbonyl (C=O) groups is 4. The fraction of sp³-hybridized carbons (Fsp3) is 0.417. The van der Waals surface area contributed by atoms with Crippen molar-refractivity contribution in [3.63, 3.8) is 0 Å². The highest BCUT2D eigenvalue weighted by Crippen LogP contribution is 2.39. The molecular weight excluding hydrogens is 455 g/mol. The molecule has 0 aliphatic heterocycles. The molecule has 2 aliphatic rings. The fourth-order valence-corrected chi connectivity index (χ4v) is 3.87. The van der Waals surface area contributed by atoms with Gasteiger partial charge in [-0.1, -0.05) is 37.3 Å². The van der Waals surface area contributed by atoms with Crippen molar-refractivity contribution in [2.45, 2.75) is 38.8 Å². The summed E-state index contributed by atoms with van der Waals surface area (Å²) >= 11 is 0. The molecular formula is C24H24F3NO6. The Balaban J connectivity index is 1.80. The summed E-state index contributed by atoms with van der Waals surface area (Å²) in [5.41, 5.74) is 0.344. The van der Waals surface area contributed by atoms with E-state index < -0.39 is 35.5 Å². The Hall–Kier alpha value is -3.43. The number of hydrogen-bond donors (Lipinski definition) is 1. The van der Waals surface area contributed by atoms with Crippen molar-refractivity contribution < 1.29 is 41.8 Å². The van der Waals surface area contributed by atoms with Crippen LogP contribution in [0.25, 0.3) is 0 Å². The highest BCUT2D eigenvalue weighted by atomic mass is 19.4. The molecule has 10 heteroatoms. The fourth-order valence-electron chi connectivity index (χ4n) is 3.87. The number of rotatable bonds is 9. The van der Waals surface area contributed by atoms with Gasteiger partial charge in [-0.15, -0.1) is 0 Å². The van der Waals surface area contributed by atoms with Gasteiger partial charge in [0.1, 0.15) is 0 Å². The molecule has 2 unspecified atom stereocenters. The van der Waals surface area contributed by atoms with Gasteiger partial charge in [-0.05, 0) is 25.3 Å². The van der Waals surface area contributed by atoms with E-state index in [1.165, 1.54) is 18.2 Å². The maximum absolute atomic E-state index is 13.2. The molecule has 7 nitrogen and oxygen atoms in total. The summed E-state index contributed by atoms with van der Waals surface area (Å²) in [4.78, 5) is 49.1. The lowest BCUT2D eigenvalue weighted by molar-refractivity contribution is -0.195. The molecule has 2 aliphatic carbocycles. The molecule has 0 radical (unpaired) electrons. The number of Topliss-reactive ketones (excluding diaryl/α,β-unsaturated/α-hetero) is 2. The first kappa shape index (κ1) is 25.2. The molecule has 182 valence electrons. The van der Waals surface area contributed by atoms with Gasteiger partial charge in [0.2, 0.25) is 0 Å². The Kier molecular flexibility index (Phi) is 7.90. The van der Waals surface area contributed by atoms with Crippen molar-refractivity contribution in [2.75, 3.05) is 13.2 Å². The summed E-state index contributed by atoms with van der Waals surface area (Å²) < 4.78 is 48.0. The quantitative estimate of drug-likeness (QED) is 0.424. The third-order valence-corrected chi connectivity index (χ3v) is 5.47. The minimum absolute atomic E-state index is 0.0547. The van der Waals surface area contributed by atoms with Crippen LogP contribution in [-0.4, -0.2) is 42.8 Å². The van der Waals surface area contributed by atoms with E-state index >= 15 is 0 Å². The van der Waals surface area contributed by atoms with Crippen LogP contribution in [0.5, 0.6) is 0 Å². The van der Waals surface area contributed by atoms with Gasteiger partial charge in [-0.3, -0.25) is 14.4 Å². The van der Waals surface area contributed by atoms with Gasteiger partial charge in [-0.25, -0.2) is 4.79 Å². The number of allylic oxidation sites excluding steroid dienone is 3. The molecule has 1 aromatic carbocycles. The third kappa shape index (κ3) is 5.55. The largest absolute Gasteiger partial charge is 0.491 e. The number of fused-ring (bicyclic) bond motifs is 2. The first-order valence-corrected chi connectivity index (χ1v) is 10.9. The van der Waals surface area contributed by atoms with E-state index in [1.54, 1.807) is 12.1 Å². The highest BCUT2D eigenvalue weighted by molar-refractivity contribution is 6.17. The Morgan fingerprint density at radius 2 is 1.74 bits per heavy atom. The maximum Gasteiger partial charge on any atom is 0.491 e. The average Bonchev–Trinajstić information content (AvgIpc) is 2.79. The van der Waals surface area contributed by atoms with Crippen LogP contribution in [0.15, 0.2) is 47.9 Å². The number of ether oxygens (including phenoxy) is 2. The van der Waals surface area contributed by atoms with Gasteiger partial charge in [0.15, 0.2) is 17.3 Å². The molecule has 3 rings (SSSR count). The molecule has 0 bridgehead atoms. The molecule has 0 aromatic heterocycles. The van der Waals surface area contributed by atoms with E-state index in [-0.39, 0.29) is 41.7 Å². The monoisotopic (exact) mass is 479 g/mol. The van der Waals surface area contributed by atoms with Gasteiger partial charge in [-0.2, -0.15) is 13.2 Å². The minimum atomic E-state index is -5.23. The maximum atomic E-state index is 13.2. The lowest BCUT2D eigenvalue weighted by Gasteiger charge is -2.34. The molecule has 0 spiro atoms. The summed E-state index contributed by atoms with van der Waals surface area (Å²) in [6.07, 6.45) is -0.941. The zero-order valence-electron chi connectivity index (χ0n) is 18.4. The molecule has 0 fully saturated rings. The van der Waals surface area contributed by atoms with Crippen LogP contribution in [0.4, 0.5) is 13.2 Å². The first-order valence-electron chi connectivity index (χ1n) is 10.9. The van der Waals surface area contributed by atoms with Gasteiger partial charge < -0.3 is 14.8 Å². The number of unbranched alkanes of at least 4 members (excludes halogenated alkanes) is 1. The van der Waals surface area contributed by atoms with Crippen LogP contribution in [0.2, 0.25) is 0 Å². The Bertz CT molecular complexity index is 1040. The predicted molar refractivity (Wildman–Crippen MR) is 113 cm³/mol.